The van der Waals surface area contributed by atoms with Crippen LogP contribution in [0.1, 0.15) is 65.2 Å². The Kier molecular flexibility index (Phi) is 16.8. The number of fused-ring (bicyclic) bond motifs is 1. The maximum Gasteiger partial charge on any atom is 0.417 e. The second-order valence-corrected chi connectivity index (χ2v) is 15.7. The molecule has 3 fully saturated rings. The zero-order valence-corrected chi connectivity index (χ0v) is 38.1. The average molecular weight is 964 g/mol. The molecule has 0 radical (unpaired) electrons. The molecule has 0 N–H and O–H groups in total. The number of amides is 2. The number of esters is 7. The number of imide groups is 1. The highest BCUT2D eigenvalue weighted by Crippen LogP contribution is 2.43. The van der Waals surface area contributed by atoms with Gasteiger partial charge in [0.25, 0.3) is 5.79 Å². The van der Waals surface area contributed by atoms with Gasteiger partial charge in [-0.1, -0.05) is 54.6 Å². The molecule has 22 nitrogen and oxygen atoms in total. The number of nitrogens with zero attached hydrogens (tertiary/aromatic N) is 1. The van der Waals surface area contributed by atoms with E-state index in [2.05, 4.69) is 0 Å². The summed E-state index contributed by atoms with van der Waals surface area (Å²) in [5, 5.41) is 0. The van der Waals surface area contributed by atoms with Crippen LogP contribution in [0.15, 0.2) is 91.0 Å². The zero-order chi connectivity index (χ0) is 50.0. The minimum absolute atomic E-state index is 0.0261. The molecule has 3 aromatic rings. The van der Waals surface area contributed by atoms with Crippen LogP contribution in [0.5, 0.6) is 0 Å². The summed E-state index contributed by atoms with van der Waals surface area (Å²) >= 11 is 0. The molecular formula is C47H49NO21. The second-order valence-electron chi connectivity index (χ2n) is 15.7. The molecule has 2 amide bonds. The van der Waals surface area contributed by atoms with Gasteiger partial charge in [0.15, 0.2) is 36.8 Å². The molecule has 368 valence electrons. The van der Waals surface area contributed by atoms with E-state index in [1.165, 1.54) is 43.5 Å². The van der Waals surface area contributed by atoms with E-state index in [4.69, 9.17) is 56.8 Å². The Balaban J connectivity index is 1.45. The summed E-state index contributed by atoms with van der Waals surface area (Å²) in [5.74, 6) is -10.6. The summed E-state index contributed by atoms with van der Waals surface area (Å²) in [4.78, 5) is 120. The zero-order valence-electron chi connectivity index (χ0n) is 38.1. The predicted molar refractivity (Wildman–Crippen MR) is 227 cm³/mol. The lowest BCUT2D eigenvalue weighted by Gasteiger charge is -2.48. The highest BCUT2D eigenvalue weighted by molar-refractivity contribution is 5.93. The summed E-state index contributed by atoms with van der Waals surface area (Å²) in [7, 11) is 2.14. The van der Waals surface area contributed by atoms with Crippen molar-refractivity contribution >= 4 is 53.8 Å². The molecule has 3 aliphatic rings. The van der Waals surface area contributed by atoms with Crippen molar-refractivity contribution in [3.8, 4) is 0 Å². The highest BCUT2D eigenvalue weighted by atomic mass is 16.8. The van der Waals surface area contributed by atoms with Crippen LogP contribution >= 0.6 is 0 Å². The lowest BCUT2D eigenvalue weighted by Crippen LogP contribution is -2.68. The van der Waals surface area contributed by atoms with Crippen molar-refractivity contribution in [2.24, 2.45) is 0 Å². The van der Waals surface area contributed by atoms with Gasteiger partial charge in [-0.25, -0.2) is 28.9 Å². The first kappa shape index (κ1) is 51.1. The Hall–Kier alpha value is -7.27. The van der Waals surface area contributed by atoms with Crippen molar-refractivity contribution in [3.05, 3.63) is 108 Å². The Morgan fingerprint density at radius 3 is 1.65 bits per heavy atom. The Morgan fingerprint density at radius 2 is 1.19 bits per heavy atom. The van der Waals surface area contributed by atoms with E-state index in [9.17, 15) is 43.2 Å². The summed E-state index contributed by atoms with van der Waals surface area (Å²) in [6.07, 6.45) is -17.4. The topological polar surface area (TPSA) is 268 Å². The summed E-state index contributed by atoms with van der Waals surface area (Å²) in [6.45, 7) is 2.41. The van der Waals surface area contributed by atoms with Gasteiger partial charge in [0.1, 0.15) is 31.0 Å². The predicted octanol–water partition coefficient (Wildman–Crippen LogP) is 2.87. The molecule has 0 aromatic heterocycles. The lowest BCUT2D eigenvalue weighted by atomic mass is 9.88. The van der Waals surface area contributed by atoms with E-state index in [-0.39, 0.29) is 16.7 Å². The first-order valence-corrected chi connectivity index (χ1v) is 21.3. The van der Waals surface area contributed by atoms with Gasteiger partial charge in [-0.2, -0.15) is 0 Å². The van der Waals surface area contributed by atoms with Crippen molar-refractivity contribution < 1.29 is 100.0 Å². The van der Waals surface area contributed by atoms with Crippen LogP contribution in [0, 0.1) is 0 Å². The molecule has 6 rings (SSSR count). The standard InChI is InChI=1S/C47H49NO21/c1-25(49)48-35-32(65-46(48)57)22-47(45(56)59-6,69-38(35)36(63-28(4)52)33(62-27(3)51)23-60-26(2)50)61-24-34-37(66-41(53)29-16-10-7-11-17-29)39(67-42(54)30-18-12-8-13-19-30)40(44(58-5)64-34)68-43(55)31-20-14-9-15-21-31/h7-21,32-40,44H,22-24H2,1-6H3/t32-,33+,34+,35+,36+,37+,38+,39-,40+,44-,47-/m0/s1. The van der Waals surface area contributed by atoms with Gasteiger partial charge in [0.2, 0.25) is 5.91 Å². The summed E-state index contributed by atoms with van der Waals surface area (Å²) < 4.78 is 69.7. The van der Waals surface area contributed by atoms with E-state index in [1.54, 1.807) is 54.6 Å². The maximum absolute atomic E-state index is 14.2. The molecule has 0 spiro atoms. The van der Waals surface area contributed by atoms with Crippen LogP contribution in [-0.4, -0.2) is 153 Å². The molecular weight excluding hydrogens is 915 g/mol. The fourth-order valence-electron chi connectivity index (χ4n) is 7.98. The van der Waals surface area contributed by atoms with Crippen molar-refractivity contribution in [3.63, 3.8) is 0 Å². The molecule has 3 aliphatic heterocycles. The largest absolute Gasteiger partial charge is 0.465 e. The van der Waals surface area contributed by atoms with Crippen LogP contribution in [-0.2, 0) is 80.8 Å². The molecule has 3 aromatic carbocycles. The van der Waals surface area contributed by atoms with E-state index >= 15 is 0 Å². The molecule has 3 heterocycles. The second kappa shape index (κ2) is 22.7. The molecule has 11 atom stereocenters. The van der Waals surface area contributed by atoms with Crippen molar-refractivity contribution in [1.82, 2.24) is 4.90 Å². The SMILES string of the molecule is COC(=O)[C@]1(OC[C@H]2O[C@H](OC)[C@H](OC(=O)c3ccccc3)[C@@H](OC(=O)c3ccccc3)[C@@H]2OC(=O)c2ccccc2)C[C@@H]2OC(=O)N(C(C)=O)[C@H]2[C@H]([C@H](OC(C)=O)[C@@H](COC(C)=O)OC(C)=O)O1. The Morgan fingerprint density at radius 1 is 0.681 bits per heavy atom. The van der Waals surface area contributed by atoms with Crippen molar-refractivity contribution in [1.29, 1.82) is 0 Å². The number of carbonyl (C=O) groups excluding carboxylic acids is 9. The van der Waals surface area contributed by atoms with Crippen LogP contribution in [0.2, 0.25) is 0 Å². The number of rotatable bonds is 17. The van der Waals surface area contributed by atoms with Crippen LogP contribution in [0.25, 0.3) is 0 Å². The smallest absolute Gasteiger partial charge is 0.417 e. The summed E-state index contributed by atoms with van der Waals surface area (Å²) in [6, 6.07) is 21.5. The first-order chi connectivity index (χ1) is 33.0. The number of methoxy groups -OCH3 is 2. The molecule has 0 bridgehead atoms. The maximum atomic E-state index is 14.2. The quantitative estimate of drug-likeness (QED) is 0.139. The number of carbonyl (C=O) groups is 9. The van der Waals surface area contributed by atoms with Crippen molar-refractivity contribution in [2.75, 3.05) is 27.4 Å². The van der Waals surface area contributed by atoms with Gasteiger partial charge in [-0.3, -0.25) is 19.2 Å². The van der Waals surface area contributed by atoms with Gasteiger partial charge in [0.05, 0.1) is 36.8 Å². The van der Waals surface area contributed by atoms with Gasteiger partial charge >= 0.3 is 47.9 Å². The average Bonchev–Trinajstić information content (AvgIpc) is 3.68. The molecule has 3 saturated heterocycles. The first-order valence-electron chi connectivity index (χ1n) is 21.3. The van der Waals surface area contributed by atoms with E-state index in [0.29, 0.717) is 4.90 Å². The van der Waals surface area contributed by atoms with Gasteiger partial charge < -0.3 is 56.8 Å². The fourth-order valence-corrected chi connectivity index (χ4v) is 7.98. The van der Waals surface area contributed by atoms with Gasteiger partial charge in [0, 0.05) is 34.8 Å². The highest BCUT2D eigenvalue weighted by Gasteiger charge is 2.65. The van der Waals surface area contributed by atoms with Gasteiger partial charge in [-0.15, -0.1) is 0 Å². The Bertz CT molecular complexity index is 2360. The number of ether oxygens (including phenoxy) is 12. The summed E-state index contributed by atoms with van der Waals surface area (Å²) in [5.41, 5.74) is 0.151. The van der Waals surface area contributed by atoms with Crippen LogP contribution < -0.4 is 0 Å². The molecule has 0 unspecified atom stereocenters. The Labute approximate surface area is 394 Å². The van der Waals surface area contributed by atoms with E-state index in [0.717, 1.165) is 34.8 Å². The molecule has 0 aliphatic carbocycles. The van der Waals surface area contributed by atoms with Gasteiger partial charge in [-0.05, 0) is 36.4 Å². The van der Waals surface area contributed by atoms with Crippen molar-refractivity contribution in [2.45, 2.75) is 101 Å². The fraction of sp³-hybridized carbons (Fsp3) is 0.426. The number of hydrogen-bond donors (Lipinski definition) is 0. The lowest BCUT2D eigenvalue weighted by molar-refractivity contribution is -0.335. The van der Waals surface area contributed by atoms with Crippen LogP contribution in [0.3, 0.4) is 0 Å². The third kappa shape index (κ3) is 12.1. The number of hydrogen-bond acceptors (Lipinski definition) is 21. The van der Waals surface area contributed by atoms with E-state index < -0.39 is 140 Å². The minimum atomic E-state index is -2.74. The van der Waals surface area contributed by atoms with E-state index in [1.807, 2.05) is 0 Å². The molecule has 22 heteroatoms. The van der Waals surface area contributed by atoms with Crippen LogP contribution in [0.4, 0.5) is 4.79 Å². The molecule has 69 heavy (non-hydrogen) atoms. The third-order valence-electron chi connectivity index (χ3n) is 10.9. The normalized spacial score (nSPS) is 25.8. The number of benzene rings is 3. The minimum Gasteiger partial charge on any atom is -0.465 e. The monoisotopic (exact) mass is 963 g/mol. The molecule has 0 saturated carbocycles. The third-order valence-corrected chi connectivity index (χ3v) is 10.9.